The van der Waals surface area contributed by atoms with Crippen LogP contribution in [0, 0.1) is 0 Å². The minimum Gasteiger partial charge on any atom is -0.486 e. The maximum atomic E-state index is 10.9. The molecule has 4 heteroatoms. The first-order valence-corrected chi connectivity index (χ1v) is 6.21. The number of fused-ring (bicyclic) bond motifs is 1. The van der Waals surface area contributed by atoms with E-state index in [-0.39, 0.29) is 5.78 Å². The predicted octanol–water partition coefficient (Wildman–Crippen LogP) is 1.87. The molecule has 0 aliphatic carbocycles. The van der Waals surface area contributed by atoms with Crippen molar-refractivity contribution in [1.29, 1.82) is 0 Å². The van der Waals surface area contributed by atoms with E-state index in [9.17, 15) is 4.79 Å². The highest BCUT2D eigenvalue weighted by Crippen LogP contribution is 2.30. The minimum absolute atomic E-state index is 0.226. The molecule has 1 heterocycles. The van der Waals surface area contributed by atoms with Gasteiger partial charge in [0, 0.05) is 19.5 Å². The van der Waals surface area contributed by atoms with Gasteiger partial charge < -0.3 is 14.4 Å². The lowest BCUT2D eigenvalue weighted by Gasteiger charge is -2.20. The number of benzene rings is 1. The fraction of sp³-hybridized carbons (Fsp3) is 0.500. The summed E-state index contributed by atoms with van der Waals surface area (Å²) in [5.74, 6) is 1.86. The van der Waals surface area contributed by atoms with Crippen LogP contribution >= 0.6 is 0 Å². The molecule has 2 rings (SSSR count). The van der Waals surface area contributed by atoms with Crippen molar-refractivity contribution < 1.29 is 14.3 Å². The molecule has 0 saturated carbocycles. The molecule has 1 aromatic rings. The number of ketones is 1. The summed E-state index contributed by atoms with van der Waals surface area (Å²) < 4.78 is 11.0. The van der Waals surface area contributed by atoms with Crippen LogP contribution in [0.2, 0.25) is 0 Å². The van der Waals surface area contributed by atoms with Crippen LogP contribution in [0.1, 0.15) is 18.9 Å². The van der Waals surface area contributed by atoms with Gasteiger partial charge in [0.25, 0.3) is 0 Å². The maximum absolute atomic E-state index is 10.9. The Morgan fingerprint density at radius 1 is 1.28 bits per heavy atom. The normalized spacial score (nSPS) is 13.7. The maximum Gasteiger partial charge on any atom is 0.161 e. The summed E-state index contributed by atoms with van der Waals surface area (Å²) in [6.07, 6.45) is 0.598. The number of carbonyl (C=O) groups excluding carboxylic acids is 1. The Bertz CT molecular complexity index is 431. The number of carbonyl (C=O) groups is 1. The van der Waals surface area contributed by atoms with E-state index in [1.54, 1.807) is 6.92 Å². The van der Waals surface area contributed by atoms with E-state index in [1.807, 2.05) is 25.2 Å². The second-order valence-electron chi connectivity index (χ2n) is 4.67. The molecule has 4 nitrogen and oxygen atoms in total. The van der Waals surface area contributed by atoms with Crippen molar-refractivity contribution >= 4 is 5.78 Å². The molecule has 0 aromatic heterocycles. The number of nitrogens with zero attached hydrogens (tertiary/aromatic N) is 1. The summed E-state index contributed by atoms with van der Waals surface area (Å²) in [4.78, 5) is 13.1. The van der Waals surface area contributed by atoms with Crippen molar-refractivity contribution in [1.82, 2.24) is 4.90 Å². The first-order valence-electron chi connectivity index (χ1n) is 6.21. The molecule has 0 atom stereocenters. The number of hydrogen-bond donors (Lipinski definition) is 0. The smallest absolute Gasteiger partial charge is 0.161 e. The Morgan fingerprint density at radius 2 is 2.00 bits per heavy atom. The number of rotatable bonds is 5. The van der Waals surface area contributed by atoms with Gasteiger partial charge in [-0.2, -0.15) is 0 Å². The highest BCUT2D eigenvalue weighted by Gasteiger charge is 2.12. The molecule has 0 amide bonds. The Morgan fingerprint density at radius 3 is 2.72 bits per heavy atom. The van der Waals surface area contributed by atoms with Crippen molar-refractivity contribution in [3.63, 3.8) is 0 Å². The summed E-state index contributed by atoms with van der Waals surface area (Å²) in [6.45, 7) is 4.44. The van der Waals surface area contributed by atoms with Gasteiger partial charge >= 0.3 is 0 Å². The van der Waals surface area contributed by atoms with Crippen molar-refractivity contribution in [2.75, 3.05) is 26.8 Å². The highest BCUT2D eigenvalue weighted by molar-refractivity contribution is 5.75. The van der Waals surface area contributed by atoms with Crippen molar-refractivity contribution in [2.24, 2.45) is 0 Å². The van der Waals surface area contributed by atoms with Gasteiger partial charge in [-0.1, -0.05) is 6.07 Å². The van der Waals surface area contributed by atoms with Gasteiger partial charge in [-0.3, -0.25) is 4.79 Å². The standard InChI is InChI=1S/C14H19NO3/c1-11(16)5-6-15(2)10-12-3-4-13-14(9-12)18-8-7-17-13/h3-4,9H,5-8,10H2,1-2H3. The average molecular weight is 249 g/mol. The monoisotopic (exact) mass is 249 g/mol. The van der Waals surface area contributed by atoms with E-state index in [2.05, 4.69) is 4.90 Å². The molecule has 0 bridgehead atoms. The first-order chi connectivity index (χ1) is 8.65. The highest BCUT2D eigenvalue weighted by atomic mass is 16.6. The lowest BCUT2D eigenvalue weighted by Crippen LogP contribution is -2.21. The quantitative estimate of drug-likeness (QED) is 0.798. The largest absolute Gasteiger partial charge is 0.486 e. The SMILES string of the molecule is CC(=O)CCN(C)Cc1ccc2c(c1)OCCO2. The van der Waals surface area contributed by atoms with Crippen LogP contribution in [0.4, 0.5) is 0 Å². The van der Waals surface area contributed by atoms with Crippen LogP contribution in [0.25, 0.3) is 0 Å². The van der Waals surface area contributed by atoms with Crippen LogP contribution in [-0.2, 0) is 11.3 Å². The van der Waals surface area contributed by atoms with Crippen molar-refractivity contribution in [3.05, 3.63) is 23.8 Å². The minimum atomic E-state index is 0.226. The molecule has 0 fully saturated rings. The van der Waals surface area contributed by atoms with Crippen LogP contribution in [0.5, 0.6) is 11.5 Å². The fourth-order valence-electron chi connectivity index (χ4n) is 1.93. The molecule has 1 aliphatic rings. The molecule has 0 spiro atoms. The molecular weight excluding hydrogens is 230 g/mol. The molecule has 0 radical (unpaired) electrons. The van der Waals surface area contributed by atoms with Gasteiger partial charge in [0.1, 0.15) is 19.0 Å². The molecule has 1 aromatic carbocycles. The Kier molecular flexibility index (Phi) is 4.20. The molecule has 1 aliphatic heterocycles. The Labute approximate surface area is 107 Å². The van der Waals surface area contributed by atoms with Gasteiger partial charge in [0.2, 0.25) is 0 Å². The molecule has 0 saturated heterocycles. The van der Waals surface area contributed by atoms with Gasteiger partial charge in [-0.25, -0.2) is 0 Å². The summed E-state index contributed by atoms with van der Waals surface area (Å²) in [6, 6.07) is 6.00. The molecule has 98 valence electrons. The fourth-order valence-corrected chi connectivity index (χ4v) is 1.93. The lowest BCUT2D eigenvalue weighted by atomic mass is 10.1. The van der Waals surface area contributed by atoms with Crippen molar-refractivity contribution in [2.45, 2.75) is 19.9 Å². The van der Waals surface area contributed by atoms with Crippen LogP contribution < -0.4 is 9.47 Å². The van der Waals surface area contributed by atoms with E-state index >= 15 is 0 Å². The van der Waals surface area contributed by atoms with Crippen molar-refractivity contribution in [3.8, 4) is 11.5 Å². The summed E-state index contributed by atoms with van der Waals surface area (Å²) in [5.41, 5.74) is 1.17. The Balaban J connectivity index is 1.95. The molecule has 0 unspecified atom stereocenters. The van der Waals surface area contributed by atoms with Gasteiger partial charge in [0.05, 0.1) is 0 Å². The van der Waals surface area contributed by atoms with E-state index in [1.165, 1.54) is 5.56 Å². The van der Waals surface area contributed by atoms with E-state index in [0.717, 1.165) is 24.6 Å². The summed E-state index contributed by atoms with van der Waals surface area (Å²) in [7, 11) is 2.01. The zero-order valence-corrected chi connectivity index (χ0v) is 10.9. The summed E-state index contributed by atoms with van der Waals surface area (Å²) in [5, 5.41) is 0. The topological polar surface area (TPSA) is 38.8 Å². The van der Waals surface area contributed by atoms with Crippen LogP contribution in [0.15, 0.2) is 18.2 Å². The lowest BCUT2D eigenvalue weighted by molar-refractivity contribution is -0.117. The number of hydrogen-bond acceptors (Lipinski definition) is 4. The summed E-state index contributed by atoms with van der Waals surface area (Å²) >= 11 is 0. The third kappa shape index (κ3) is 3.47. The Hall–Kier alpha value is -1.55. The third-order valence-electron chi connectivity index (χ3n) is 2.90. The van der Waals surface area contributed by atoms with E-state index < -0.39 is 0 Å². The van der Waals surface area contributed by atoms with E-state index in [0.29, 0.717) is 19.6 Å². The zero-order valence-electron chi connectivity index (χ0n) is 10.9. The van der Waals surface area contributed by atoms with Crippen LogP contribution in [0.3, 0.4) is 0 Å². The van der Waals surface area contributed by atoms with Crippen LogP contribution in [-0.4, -0.2) is 37.5 Å². The second kappa shape index (κ2) is 5.87. The zero-order chi connectivity index (χ0) is 13.0. The third-order valence-corrected chi connectivity index (χ3v) is 2.90. The average Bonchev–Trinajstić information content (AvgIpc) is 2.36. The van der Waals surface area contributed by atoms with Gasteiger partial charge in [-0.15, -0.1) is 0 Å². The molecule has 0 N–H and O–H groups in total. The van der Waals surface area contributed by atoms with Gasteiger partial charge in [0.15, 0.2) is 11.5 Å². The predicted molar refractivity (Wildman–Crippen MR) is 69.1 cm³/mol. The first kappa shape index (κ1) is 12.9. The van der Waals surface area contributed by atoms with Gasteiger partial charge in [-0.05, 0) is 31.7 Å². The molecule has 18 heavy (non-hydrogen) atoms. The van der Waals surface area contributed by atoms with E-state index in [4.69, 9.17) is 9.47 Å². The number of ether oxygens (including phenoxy) is 2. The second-order valence-corrected chi connectivity index (χ2v) is 4.67. The number of Topliss-reactive ketones (excluding diaryl/α,β-unsaturated/α-hetero) is 1. The molecular formula is C14H19NO3.